The number of carboxylic acids is 1. The van der Waals surface area contributed by atoms with Gasteiger partial charge in [-0.3, -0.25) is 9.10 Å². The maximum absolute atomic E-state index is 13.6. The molecule has 0 aliphatic carbocycles. The number of hydrogen-bond acceptors (Lipinski definition) is 4. The first-order valence-corrected chi connectivity index (χ1v) is 12.7. The summed E-state index contributed by atoms with van der Waals surface area (Å²) in [5.74, 6) is -1.05. The van der Waals surface area contributed by atoms with E-state index in [9.17, 15) is 26.4 Å². The van der Waals surface area contributed by atoms with Crippen LogP contribution in [0, 0.1) is 0 Å². The van der Waals surface area contributed by atoms with Crippen LogP contribution in [0.15, 0.2) is 65.6 Å². The summed E-state index contributed by atoms with van der Waals surface area (Å²) in [6.45, 7) is -0.310. The Balaban J connectivity index is 1.85. The van der Waals surface area contributed by atoms with E-state index >= 15 is 0 Å². The number of sulfonamides is 1. The van der Waals surface area contributed by atoms with E-state index < -0.39 is 38.7 Å². The van der Waals surface area contributed by atoms with Gasteiger partial charge in [0.2, 0.25) is 0 Å². The molecule has 0 amide bonds. The van der Waals surface area contributed by atoms with Crippen LogP contribution in [-0.2, 0) is 21.0 Å². The number of alkyl halides is 3. The number of halogens is 5. The van der Waals surface area contributed by atoms with Crippen LogP contribution in [0.5, 0.6) is 5.75 Å². The molecular formula is C24H18Cl2F3NO5S. The van der Waals surface area contributed by atoms with Gasteiger partial charge < -0.3 is 9.84 Å². The van der Waals surface area contributed by atoms with E-state index in [2.05, 4.69) is 0 Å². The highest BCUT2D eigenvalue weighted by Gasteiger charge is 2.37. The molecule has 6 nitrogen and oxygen atoms in total. The average molecular weight is 560 g/mol. The topological polar surface area (TPSA) is 83.9 Å². The van der Waals surface area contributed by atoms with E-state index in [1.165, 1.54) is 12.1 Å². The maximum atomic E-state index is 13.6. The zero-order valence-corrected chi connectivity index (χ0v) is 20.6. The van der Waals surface area contributed by atoms with E-state index in [4.69, 9.17) is 33.0 Å². The van der Waals surface area contributed by atoms with Crippen LogP contribution in [-0.4, -0.2) is 32.1 Å². The highest BCUT2D eigenvalue weighted by atomic mass is 35.5. The third kappa shape index (κ3) is 5.40. The molecule has 0 radical (unpaired) electrons. The van der Waals surface area contributed by atoms with Gasteiger partial charge >= 0.3 is 12.1 Å². The van der Waals surface area contributed by atoms with E-state index in [1.54, 1.807) is 24.3 Å². The number of carboxylic acid groups (broad SMARTS) is 1. The quantitative estimate of drug-likeness (QED) is 0.372. The van der Waals surface area contributed by atoms with Crippen molar-refractivity contribution in [3.8, 4) is 16.9 Å². The molecule has 0 spiro atoms. The largest absolute Gasteiger partial charge is 0.486 e. The fraction of sp³-hybridized carbons (Fsp3) is 0.208. The van der Waals surface area contributed by atoms with Crippen LogP contribution in [0.2, 0.25) is 10.0 Å². The van der Waals surface area contributed by atoms with E-state index in [0.717, 1.165) is 22.5 Å². The Bertz CT molecular complexity index is 1430. The molecule has 1 aliphatic heterocycles. The number of hydrogen-bond donors (Lipinski definition) is 1. The number of nitrogens with zero attached hydrogens (tertiary/aromatic N) is 1. The first kappa shape index (κ1) is 26.1. The zero-order valence-electron chi connectivity index (χ0n) is 18.3. The second kappa shape index (κ2) is 9.84. The molecule has 3 aromatic carbocycles. The lowest BCUT2D eigenvalue weighted by atomic mass is 10.0. The molecule has 3 aromatic rings. The van der Waals surface area contributed by atoms with Gasteiger partial charge in [0, 0.05) is 23.1 Å². The van der Waals surface area contributed by atoms with Crippen LogP contribution in [0.25, 0.3) is 11.1 Å². The van der Waals surface area contributed by atoms with Crippen molar-refractivity contribution in [2.45, 2.75) is 30.0 Å². The summed E-state index contributed by atoms with van der Waals surface area (Å²) in [5.41, 5.74) is -0.0527. The number of anilines is 1. The van der Waals surface area contributed by atoms with Gasteiger partial charge in [0.05, 0.1) is 27.7 Å². The number of aliphatic carboxylic acids is 1. The molecule has 36 heavy (non-hydrogen) atoms. The van der Waals surface area contributed by atoms with Crippen LogP contribution in [0.4, 0.5) is 18.9 Å². The highest BCUT2D eigenvalue weighted by molar-refractivity contribution is 7.92. The van der Waals surface area contributed by atoms with E-state index in [-0.39, 0.29) is 35.8 Å². The standard InChI is InChI=1S/C24H18Cl2F3NO5S/c25-16-5-1-3-14(9-16)19-11-21-22(12-20(19)26)35-17(7-8-23(31)32)13-30(21)36(33,34)18-6-2-4-15(10-18)24(27,28)29/h1-6,9-12,17H,7-8,13H2,(H,31,32). The van der Waals surface area contributed by atoms with Gasteiger partial charge in [0.25, 0.3) is 10.0 Å². The molecule has 1 heterocycles. The number of benzene rings is 3. The SMILES string of the molecule is O=C(O)CCC1CN(S(=O)(=O)c2cccc(C(F)(F)F)c2)c2cc(-c3cccc(Cl)c3)c(Cl)cc2O1. The van der Waals surface area contributed by atoms with E-state index in [1.807, 2.05) is 0 Å². The molecule has 12 heteroatoms. The smallest absolute Gasteiger partial charge is 0.416 e. The van der Waals surface area contributed by atoms with Crippen molar-refractivity contribution in [1.82, 2.24) is 0 Å². The van der Waals surface area contributed by atoms with Crippen LogP contribution < -0.4 is 9.04 Å². The Morgan fingerprint density at radius 2 is 1.81 bits per heavy atom. The molecule has 0 bridgehead atoms. The molecule has 1 unspecified atom stereocenters. The number of carbonyl (C=O) groups is 1. The Morgan fingerprint density at radius 3 is 2.47 bits per heavy atom. The maximum Gasteiger partial charge on any atom is 0.416 e. The molecular weight excluding hydrogens is 542 g/mol. The zero-order chi connectivity index (χ0) is 26.3. The van der Waals surface area contributed by atoms with Crippen molar-refractivity contribution in [2.24, 2.45) is 0 Å². The van der Waals surface area contributed by atoms with Gasteiger partial charge in [-0.05, 0) is 48.4 Å². The lowest BCUT2D eigenvalue weighted by Gasteiger charge is -2.36. The number of ether oxygens (including phenoxy) is 1. The summed E-state index contributed by atoms with van der Waals surface area (Å²) in [5, 5.41) is 9.68. The summed E-state index contributed by atoms with van der Waals surface area (Å²) in [4.78, 5) is 10.5. The summed E-state index contributed by atoms with van der Waals surface area (Å²) < 4.78 is 73.9. The Hall–Kier alpha value is -2.95. The summed E-state index contributed by atoms with van der Waals surface area (Å²) in [6, 6.07) is 12.9. The minimum atomic E-state index is -4.74. The molecule has 0 saturated carbocycles. The summed E-state index contributed by atoms with van der Waals surface area (Å²) in [7, 11) is -4.51. The van der Waals surface area contributed by atoms with Crippen LogP contribution >= 0.6 is 23.2 Å². The lowest BCUT2D eigenvalue weighted by molar-refractivity contribution is -0.138. The molecule has 1 aliphatic rings. The Labute approximate surface area is 214 Å². The van der Waals surface area contributed by atoms with E-state index in [0.29, 0.717) is 22.2 Å². The monoisotopic (exact) mass is 559 g/mol. The summed E-state index contributed by atoms with van der Waals surface area (Å²) in [6.07, 6.45) is -5.95. The molecule has 1 atom stereocenters. The van der Waals surface area contributed by atoms with Crippen LogP contribution in [0.3, 0.4) is 0 Å². The molecule has 4 rings (SSSR count). The lowest BCUT2D eigenvalue weighted by Crippen LogP contribution is -2.43. The molecule has 1 N–H and O–H groups in total. The van der Waals surface area contributed by atoms with Crippen molar-refractivity contribution < 1.29 is 36.2 Å². The van der Waals surface area contributed by atoms with Crippen molar-refractivity contribution in [1.29, 1.82) is 0 Å². The minimum Gasteiger partial charge on any atom is -0.486 e. The fourth-order valence-corrected chi connectivity index (χ4v) is 5.83. The Kier molecular flexibility index (Phi) is 7.14. The normalized spacial score (nSPS) is 15.8. The first-order valence-electron chi connectivity index (χ1n) is 10.5. The minimum absolute atomic E-state index is 0.0307. The molecule has 190 valence electrons. The number of fused-ring (bicyclic) bond motifs is 1. The molecule has 0 fully saturated rings. The van der Waals surface area contributed by atoms with Crippen molar-refractivity contribution in [3.63, 3.8) is 0 Å². The molecule has 0 saturated heterocycles. The van der Waals surface area contributed by atoms with Crippen LogP contribution in [0.1, 0.15) is 18.4 Å². The number of rotatable bonds is 6. The van der Waals surface area contributed by atoms with Gasteiger partial charge in [-0.15, -0.1) is 0 Å². The van der Waals surface area contributed by atoms with Gasteiger partial charge in [-0.25, -0.2) is 8.42 Å². The Morgan fingerprint density at radius 1 is 1.08 bits per heavy atom. The van der Waals surface area contributed by atoms with Crippen molar-refractivity contribution >= 4 is 44.9 Å². The van der Waals surface area contributed by atoms with Crippen molar-refractivity contribution in [3.05, 3.63) is 76.3 Å². The van der Waals surface area contributed by atoms with Gasteiger partial charge in [-0.1, -0.05) is 41.4 Å². The predicted octanol–water partition coefficient (Wildman–Crippen LogP) is 6.50. The average Bonchev–Trinajstić information content (AvgIpc) is 2.81. The summed E-state index contributed by atoms with van der Waals surface area (Å²) >= 11 is 12.6. The predicted molar refractivity (Wildman–Crippen MR) is 129 cm³/mol. The molecule has 0 aromatic heterocycles. The van der Waals surface area contributed by atoms with Gasteiger partial charge in [-0.2, -0.15) is 13.2 Å². The second-order valence-corrected chi connectivity index (χ2v) is 10.8. The third-order valence-electron chi connectivity index (χ3n) is 5.55. The van der Waals surface area contributed by atoms with Gasteiger partial charge in [0.15, 0.2) is 0 Å². The fourth-order valence-electron chi connectivity index (χ4n) is 3.83. The first-order chi connectivity index (χ1) is 16.9. The third-order valence-corrected chi connectivity index (χ3v) is 7.87. The highest BCUT2D eigenvalue weighted by Crippen LogP contribution is 2.44. The van der Waals surface area contributed by atoms with Gasteiger partial charge in [0.1, 0.15) is 11.9 Å². The second-order valence-electron chi connectivity index (χ2n) is 8.04. The van der Waals surface area contributed by atoms with Crippen molar-refractivity contribution in [2.75, 3.05) is 10.8 Å².